The van der Waals surface area contributed by atoms with Crippen LogP contribution in [0.2, 0.25) is 0 Å². The zero-order valence-corrected chi connectivity index (χ0v) is 18.8. The number of carbonyl (C=O) groups excluding carboxylic acids is 2. The maximum atomic E-state index is 12.4. The number of ether oxygens (including phenoxy) is 2. The Morgan fingerprint density at radius 2 is 1.73 bits per heavy atom. The molecule has 0 aliphatic heterocycles. The van der Waals surface area contributed by atoms with E-state index in [-0.39, 0.29) is 15.9 Å². The van der Waals surface area contributed by atoms with Crippen molar-refractivity contribution in [3.05, 3.63) is 53.1 Å². The van der Waals surface area contributed by atoms with Crippen molar-refractivity contribution < 1.29 is 27.5 Å². The van der Waals surface area contributed by atoms with Crippen molar-refractivity contribution in [2.45, 2.75) is 38.0 Å². The number of anilines is 1. The van der Waals surface area contributed by atoms with Crippen LogP contribution in [-0.2, 0) is 24.8 Å². The predicted molar refractivity (Wildman–Crippen MR) is 115 cm³/mol. The summed E-state index contributed by atoms with van der Waals surface area (Å²) in [5.74, 6) is -0.826. The average molecular weight is 434 g/mol. The first-order chi connectivity index (χ1) is 13.8. The van der Waals surface area contributed by atoms with Crippen LogP contribution < -0.4 is 10.1 Å². The third kappa shape index (κ3) is 5.82. The standard InChI is InChI=1S/C22H27NO6S/c1-14-7-9-16(30(6,26)27)12-17(14)21(25)29-13-20(24)23-18-11-15(22(2,3)4)8-10-19(18)28-5/h7-12H,13H2,1-6H3,(H,23,24). The summed E-state index contributed by atoms with van der Waals surface area (Å²) >= 11 is 0. The van der Waals surface area contributed by atoms with Crippen molar-refractivity contribution in [3.8, 4) is 5.75 Å². The van der Waals surface area contributed by atoms with Gasteiger partial charge in [-0.05, 0) is 47.7 Å². The predicted octanol–water partition coefficient (Wildman–Crippen LogP) is 3.50. The minimum Gasteiger partial charge on any atom is -0.495 e. The van der Waals surface area contributed by atoms with E-state index in [4.69, 9.17) is 9.47 Å². The number of sulfone groups is 1. The number of methoxy groups -OCH3 is 1. The van der Waals surface area contributed by atoms with Crippen LogP contribution in [0.1, 0.15) is 42.3 Å². The van der Waals surface area contributed by atoms with Crippen molar-refractivity contribution in [1.29, 1.82) is 0 Å². The first-order valence-electron chi connectivity index (χ1n) is 9.29. The van der Waals surface area contributed by atoms with Crippen molar-refractivity contribution >= 4 is 27.4 Å². The molecule has 0 aliphatic rings. The second-order valence-electron chi connectivity index (χ2n) is 8.04. The van der Waals surface area contributed by atoms with Gasteiger partial charge in [0.05, 0.1) is 23.3 Å². The Bertz CT molecular complexity index is 1070. The topological polar surface area (TPSA) is 98.8 Å². The summed E-state index contributed by atoms with van der Waals surface area (Å²) in [5.41, 5.74) is 2.00. The Balaban J connectivity index is 2.13. The lowest BCUT2D eigenvalue weighted by atomic mass is 9.87. The first-order valence-corrected chi connectivity index (χ1v) is 11.2. The zero-order chi connectivity index (χ0) is 22.7. The van der Waals surface area contributed by atoms with E-state index < -0.39 is 28.3 Å². The van der Waals surface area contributed by atoms with E-state index in [1.165, 1.54) is 25.3 Å². The Morgan fingerprint density at radius 3 is 2.30 bits per heavy atom. The molecule has 2 rings (SSSR count). The summed E-state index contributed by atoms with van der Waals surface area (Å²) in [5, 5.41) is 2.69. The lowest BCUT2D eigenvalue weighted by Crippen LogP contribution is -2.22. The minimum absolute atomic E-state index is 0.00762. The van der Waals surface area contributed by atoms with Gasteiger partial charge < -0.3 is 14.8 Å². The summed E-state index contributed by atoms with van der Waals surface area (Å²) in [6.07, 6.45) is 1.05. The van der Waals surface area contributed by atoms with Crippen LogP contribution in [0.3, 0.4) is 0 Å². The molecule has 0 saturated heterocycles. The van der Waals surface area contributed by atoms with Crippen molar-refractivity contribution in [2.75, 3.05) is 25.3 Å². The van der Waals surface area contributed by atoms with Gasteiger partial charge in [0, 0.05) is 6.26 Å². The minimum atomic E-state index is -3.47. The SMILES string of the molecule is COc1ccc(C(C)(C)C)cc1NC(=O)COC(=O)c1cc(S(C)(=O)=O)ccc1C. The summed E-state index contributed by atoms with van der Waals surface area (Å²) < 4.78 is 33.8. The highest BCUT2D eigenvalue weighted by Gasteiger charge is 2.19. The van der Waals surface area contributed by atoms with E-state index in [0.717, 1.165) is 11.8 Å². The summed E-state index contributed by atoms with van der Waals surface area (Å²) in [7, 11) is -1.97. The molecule has 0 aliphatic carbocycles. The molecule has 0 aromatic heterocycles. The van der Waals surface area contributed by atoms with Gasteiger partial charge in [-0.2, -0.15) is 0 Å². The van der Waals surface area contributed by atoms with Crippen molar-refractivity contribution in [1.82, 2.24) is 0 Å². The third-order valence-electron chi connectivity index (χ3n) is 4.53. The molecule has 0 atom stereocenters. The van der Waals surface area contributed by atoms with Gasteiger partial charge in [-0.3, -0.25) is 4.79 Å². The van der Waals surface area contributed by atoms with Crippen molar-refractivity contribution in [2.24, 2.45) is 0 Å². The molecule has 0 spiro atoms. The quantitative estimate of drug-likeness (QED) is 0.700. The highest BCUT2D eigenvalue weighted by Crippen LogP contribution is 2.31. The van der Waals surface area contributed by atoms with E-state index in [2.05, 4.69) is 26.1 Å². The van der Waals surface area contributed by atoms with Crippen LogP contribution in [0.4, 0.5) is 5.69 Å². The Morgan fingerprint density at radius 1 is 1.07 bits per heavy atom. The molecule has 30 heavy (non-hydrogen) atoms. The number of aryl methyl sites for hydroxylation is 1. The van der Waals surface area contributed by atoms with Crippen LogP contribution in [0, 0.1) is 6.92 Å². The van der Waals surface area contributed by atoms with Crippen molar-refractivity contribution in [3.63, 3.8) is 0 Å². The summed E-state index contributed by atoms with van der Waals surface area (Å²) in [6, 6.07) is 9.70. The normalized spacial score (nSPS) is 11.7. The first kappa shape index (κ1) is 23.4. The summed E-state index contributed by atoms with van der Waals surface area (Å²) in [6.45, 7) is 7.29. The van der Waals surface area contributed by atoms with Gasteiger partial charge in [0.1, 0.15) is 5.75 Å². The molecular weight excluding hydrogens is 406 g/mol. The molecule has 162 valence electrons. The van der Waals surface area contributed by atoms with Crippen LogP contribution in [0.25, 0.3) is 0 Å². The second kappa shape index (κ2) is 8.87. The van der Waals surface area contributed by atoms with Gasteiger partial charge in [-0.25, -0.2) is 13.2 Å². The number of hydrogen-bond donors (Lipinski definition) is 1. The Labute approximate surface area is 177 Å². The molecule has 0 bridgehead atoms. The fourth-order valence-electron chi connectivity index (χ4n) is 2.72. The highest BCUT2D eigenvalue weighted by molar-refractivity contribution is 7.90. The van der Waals surface area contributed by atoms with E-state index in [0.29, 0.717) is 17.0 Å². The van der Waals surface area contributed by atoms with Crippen LogP contribution in [0.15, 0.2) is 41.3 Å². The van der Waals surface area contributed by atoms with Gasteiger partial charge in [0.2, 0.25) is 0 Å². The van der Waals surface area contributed by atoms with Gasteiger partial charge in [-0.1, -0.05) is 32.9 Å². The summed E-state index contributed by atoms with van der Waals surface area (Å²) in [4.78, 5) is 24.7. The second-order valence-corrected chi connectivity index (χ2v) is 10.1. The van der Waals surface area contributed by atoms with Crippen LogP contribution in [-0.4, -0.2) is 40.3 Å². The molecule has 0 fully saturated rings. The maximum Gasteiger partial charge on any atom is 0.338 e. The molecule has 0 unspecified atom stereocenters. The number of rotatable bonds is 6. The van der Waals surface area contributed by atoms with E-state index in [1.54, 1.807) is 13.0 Å². The largest absolute Gasteiger partial charge is 0.495 e. The van der Waals surface area contributed by atoms with Gasteiger partial charge in [0.25, 0.3) is 5.91 Å². The lowest BCUT2D eigenvalue weighted by Gasteiger charge is -2.21. The lowest BCUT2D eigenvalue weighted by molar-refractivity contribution is -0.119. The van der Waals surface area contributed by atoms with Crippen LogP contribution in [0.5, 0.6) is 5.75 Å². The zero-order valence-electron chi connectivity index (χ0n) is 18.0. The molecule has 0 radical (unpaired) electrons. The smallest absolute Gasteiger partial charge is 0.338 e. The Kier molecular flexibility index (Phi) is 6.92. The third-order valence-corrected chi connectivity index (χ3v) is 5.64. The number of carbonyl (C=O) groups is 2. The molecule has 1 N–H and O–H groups in total. The molecule has 2 aromatic rings. The average Bonchev–Trinajstić information content (AvgIpc) is 2.64. The number of hydrogen-bond acceptors (Lipinski definition) is 6. The molecule has 7 nitrogen and oxygen atoms in total. The number of nitrogens with one attached hydrogen (secondary N) is 1. The van der Waals surface area contributed by atoms with E-state index >= 15 is 0 Å². The van der Waals surface area contributed by atoms with E-state index in [9.17, 15) is 18.0 Å². The molecule has 0 heterocycles. The fraction of sp³-hybridized carbons (Fsp3) is 0.364. The van der Waals surface area contributed by atoms with Crippen LogP contribution >= 0.6 is 0 Å². The van der Waals surface area contributed by atoms with Gasteiger partial charge in [-0.15, -0.1) is 0 Å². The highest BCUT2D eigenvalue weighted by atomic mass is 32.2. The number of benzene rings is 2. The number of amides is 1. The molecule has 1 amide bonds. The molecule has 0 saturated carbocycles. The monoisotopic (exact) mass is 433 g/mol. The fourth-order valence-corrected chi connectivity index (χ4v) is 3.37. The Hall–Kier alpha value is -2.87. The van der Waals surface area contributed by atoms with Gasteiger partial charge >= 0.3 is 5.97 Å². The maximum absolute atomic E-state index is 12.4. The van der Waals surface area contributed by atoms with E-state index in [1.807, 2.05) is 12.1 Å². The molecule has 8 heteroatoms. The molecular formula is C22H27NO6S. The van der Waals surface area contributed by atoms with Gasteiger partial charge in [0.15, 0.2) is 16.4 Å². The molecule has 2 aromatic carbocycles. The number of esters is 1.